The number of allylic oxidation sites excluding steroid dienone is 5. The minimum atomic E-state index is -0.349. The Hall–Kier alpha value is -4.97. The molecule has 1 heterocycles. The molecule has 4 aromatic rings. The van der Waals surface area contributed by atoms with Gasteiger partial charge in [0.15, 0.2) is 17.0 Å². The molecule has 1 aromatic heterocycles. The molecule has 1 atom stereocenters. The van der Waals surface area contributed by atoms with Crippen molar-refractivity contribution in [1.29, 1.82) is 0 Å². The van der Waals surface area contributed by atoms with Crippen molar-refractivity contribution in [3.63, 3.8) is 0 Å². The van der Waals surface area contributed by atoms with Crippen LogP contribution in [0.3, 0.4) is 0 Å². The Morgan fingerprint density at radius 1 is 0.833 bits per heavy atom. The van der Waals surface area contributed by atoms with Crippen molar-refractivity contribution in [2.24, 2.45) is 0 Å². The minimum absolute atomic E-state index is 0.0671. The average Bonchev–Trinajstić information content (AvgIpc) is 2.87. The molecule has 1 unspecified atom stereocenters. The van der Waals surface area contributed by atoms with Crippen molar-refractivity contribution in [2.75, 3.05) is 0 Å². The first-order valence-electron chi connectivity index (χ1n) is 11.1. The molecule has 6 nitrogen and oxygen atoms in total. The van der Waals surface area contributed by atoms with Crippen molar-refractivity contribution in [3.05, 3.63) is 131 Å². The van der Waals surface area contributed by atoms with E-state index in [2.05, 4.69) is 6.58 Å². The van der Waals surface area contributed by atoms with Gasteiger partial charge in [0, 0.05) is 35.3 Å². The number of ketones is 2. The fourth-order valence-corrected chi connectivity index (χ4v) is 3.87. The molecule has 5 rings (SSSR count). The van der Waals surface area contributed by atoms with Crippen LogP contribution in [0.4, 0.5) is 0 Å². The Morgan fingerprint density at radius 3 is 2.17 bits per heavy atom. The zero-order valence-electron chi connectivity index (χ0n) is 19.1. The van der Waals surface area contributed by atoms with E-state index in [1.54, 1.807) is 6.08 Å². The van der Waals surface area contributed by atoms with E-state index in [0.717, 1.165) is 17.2 Å². The molecule has 3 aromatic carbocycles. The predicted octanol–water partition coefficient (Wildman–Crippen LogP) is 5.46. The van der Waals surface area contributed by atoms with Crippen LogP contribution in [0.2, 0.25) is 0 Å². The van der Waals surface area contributed by atoms with Crippen molar-refractivity contribution >= 4 is 22.5 Å². The Kier molecular flexibility index (Phi) is 7.07. The van der Waals surface area contributed by atoms with Crippen molar-refractivity contribution in [1.82, 2.24) is 0 Å². The van der Waals surface area contributed by atoms with Crippen LogP contribution >= 0.6 is 0 Å². The van der Waals surface area contributed by atoms with E-state index in [1.165, 1.54) is 30.4 Å². The number of hydrogen-bond donors (Lipinski definition) is 2. The van der Waals surface area contributed by atoms with Crippen LogP contribution in [-0.2, 0) is 9.59 Å². The number of carbonyl (C=O) groups excluding carboxylic acids is 2. The molecule has 0 fully saturated rings. The van der Waals surface area contributed by atoms with Gasteiger partial charge >= 0.3 is 0 Å². The topological polar surface area (TPSA) is 105 Å². The summed E-state index contributed by atoms with van der Waals surface area (Å²) in [7, 11) is 0. The van der Waals surface area contributed by atoms with Gasteiger partial charge < -0.3 is 14.6 Å². The van der Waals surface area contributed by atoms with Crippen LogP contribution in [0.15, 0.2) is 125 Å². The molecule has 0 spiro atoms. The molecule has 0 bridgehead atoms. The molecular weight excluding hydrogens is 456 g/mol. The van der Waals surface area contributed by atoms with Gasteiger partial charge in [-0.1, -0.05) is 66.7 Å². The quantitative estimate of drug-likeness (QED) is 0.298. The van der Waals surface area contributed by atoms with Gasteiger partial charge in [0.1, 0.15) is 28.2 Å². The number of aromatic hydroxyl groups is 2. The molecule has 6 heteroatoms. The third-order valence-electron chi connectivity index (χ3n) is 5.56. The third kappa shape index (κ3) is 5.23. The number of hydrogen-bond acceptors (Lipinski definition) is 6. The summed E-state index contributed by atoms with van der Waals surface area (Å²) in [6.45, 7) is 3.74. The SMILES string of the molecule is C=CC(C1=CC(=O)C=CC1=O)c1ccccc1.O=c1cc(-c2ccccc2)oc2cc(O)cc(O)c12. The molecule has 0 aliphatic heterocycles. The van der Waals surface area contributed by atoms with E-state index < -0.39 is 0 Å². The lowest BCUT2D eigenvalue weighted by Gasteiger charge is -2.16. The molecule has 0 saturated carbocycles. The van der Waals surface area contributed by atoms with E-state index >= 15 is 0 Å². The summed E-state index contributed by atoms with van der Waals surface area (Å²) in [5.74, 6) is -0.553. The summed E-state index contributed by atoms with van der Waals surface area (Å²) in [6, 6.07) is 22.4. The molecule has 2 N–H and O–H groups in total. The lowest BCUT2D eigenvalue weighted by Crippen LogP contribution is -2.13. The lowest BCUT2D eigenvalue weighted by atomic mass is 9.86. The number of rotatable bonds is 4. The second kappa shape index (κ2) is 10.5. The van der Waals surface area contributed by atoms with Crippen molar-refractivity contribution < 1.29 is 24.2 Å². The Bertz CT molecular complexity index is 1560. The summed E-state index contributed by atoms with van der Waals surface area (Å²) in [5.41, 5.74) is 2.01. The van der Waals surface area contributed by atoms with E-state index in [-0.39, 0.29) is 45.4 Å². The van der Waals surface area contributed by atoms with Crippen LogP contribution in [0.5, 0.6) is 11.5 Å². The first kappa shape index (κ1) is 24.2. The van der Waals surface area contributed by atoms with Gasteiger partial charge in [-0.25, -0.2) is 0 Å². The number of phenols is 2. The highest BCUT2D eigenvalue weighted by atomic mass is 16.3. The average molecular weight is 479 g/mol. The van der Waals surface area contributed by atoms with Gasteiger partial charge in [-0.2, -0.15) is 0 Å². The highest BCUT2D eigenvalue weighted by Crippen LogP contribution is 2.30. The van der Waals surface area contributed by atoms with Crippen LogP contribution in [0.25, 0.3) is 22.3 Å². The standard InChI is InChI=1S/C15H10O4.C15H12O2/c16-10-6-11(17)15-12(18)8-13(19-14(15)7-10)9-4-2-1-3-5-9;1-2-13(11-6-4-3-5-7-11)14-10-12(16)8-9-15(14)17/h1-8,16-17H;2-10,13H,1H2. The summed E-state index contributed by atoms with van der Waals surface area (Å²) >= 11 is 0. The smallest absolute Gasteiger partial charge is 0.197 e. The monoisotopic (exact) mass is 478 g/mol. The molecule has 178 valence electrons. The third-order valence-corrected chi connectivity index (χ3v) is 5.56. The Balaban J connectivity index is 0.000000170. The minimum Gasteiger partial charge on any atom is -0.508 e. The fourth-order valence-electron chi connectivity index (χ4n) is 3.87. The molecule has 1 aliphatic carbocycles. The van der Waals surface area contributed by atoms with Crippen LogP contribution in [0, 0.1) is 0 Å². The lowest BCUT2D eigenvalue weighted by molar-refractivity contribution is -0.114. The van der Waals surface area contributed by atoms with E-state index in [0.29, 0.717) is 11.3 Å². The maximum absolute atomic E-state index is 12.0. The second-order valence-electron chi connectivity index (χ2n) is 8.00. The number of phenolic OH excluding ortho intramolecular Hbond substituents is 2. The molecule has 0 radical (unpaired) electrons. The maximum Gasteiger partial charge on any atom is 0.197 e. The Labute approximate surface area is 206 Å². The van der Waals surface area contributed by atoms with E-state index in [1.807, 2.05) is 60.7 Å². The summed E-state index contributed by atoms with van der Waals surface area (Å²) in [6.07, 6.45) is 5.68. The molecule has 0 saturated heterocycles. The highest BCUT2D eigenvalue weighted by Gasteiger charge is 2.21. The number of carbonyl (C=O) groups is 2. The summed E-state index contributed by atoms with van der Waals surface area (Å²) in [5, 5.41) is 19.2. The zero-order valence-corrected chi connectivity index (χ0v) is 19.1. The predicted molar refractivity (Wildman–Crippen MR) is 138 cm³/mol. The first-order valence-corrected chi connectivity index (χ1v) is 11.1. The largest absolute Gasteiger partial charge is 0.508 e. The van der Waals surface area contributed by atoms with Gasteiger partial charge in [-0.15, -0.1) is 6.58 Å². The van der Waals surface area contributed by atoms with Gasteiger partial charge in [-0.05, 0) is 23.8 Å². The van der Waals surface area contributed by atoms with Crippen LogP contribution in [-0.4, -0.2) is 21.8 Å². The second-order valence-corrected chi connectivity index (χ2v) is 8.00. The first-order chi connectivity index (χ1) is 17.4. The summed E-state index contributed by atoms with van der Waals surface area (Å²) < 4.78 is 5.57. The Morgan fingerprint density at radius 2 is 1.50 bits per heavy atom. The fraction of sp³-hybridized carbons (Fsp3) is 0.0333. The number of benzene rings is 3. The highest BCUT2D eigenvalue weighted by molar-refractivity contribution is 6.18. The van der Waals surface area contributed by atoms with E-state index in [4.69, 9.17) is 4.42 Å². The normalized spacial score (nSPS) is 13.5. The van der Waals surface area contributed by atoms with Crippen LogP contribution in [0.1, 0.15) is 11.5 Å². The van der Waals surface area contributed by atoms with Gasteiger partial charge in [-0.3, -0.25) is 14.4 Å². The van der Waals surface area contributed by atoms with Crippen LogP contribution < -0.4 is 5.43 Å². The maximum atomic E-state index is 12.0. The van der Waals surface area contributed by atoms with Gasteiger partial charge in [0.05, 0.1) is 0 Å². The summed E-state index contributed by atoms with van der Waals surface area (Å²) in [4.78, 5) is 35.1. The van der Waals surface area contributed by atoms with Crippen molar-refractivity contribution in [3.8, 4) is 22.8 Å². The van der Waals surface area contributed by atoms with Crippen molar-refractivity contribution in [2.45, 2.75) is 5.92 Å². The molecule has 1 aliphatic rings. The van der Waals surface area contributed by atoms with Gasteiger partial charge in [0.25, 0.3) is 0 Å². The van der Waals surface area contributed by atoms with E-state index in [9.17, 15) is 24.6 Å². The molecular formula is C30H22O6. The van der Waals surface area contributed by atoms with Gasteiger partial charge in [0.2, 0.25) is 0 Å². The molecule has 0 amide bonds. The molecule has 36 heavy (non-hydrogen) atoms. The number of fused-ring (bicyclic) bond motifs is 1. The zero-order chi connectivity index (χ0) is 25.7.